The number of benzene rings is 1. The van der Waals surface area contributed by atoms with Crippen molar-refractivity contribution in [3.63, 3.8) is 0 Å². The van der Waals surface area contributed by atoms with Crippen LogP contribution >= 0.6 is 15.9 Å². The van der Waals surface area contributed by atoms with E-state index in [-0.39, 0.29) is 12.5 Å². The molecule has 0 saturated carbocycles. The number of carboxylic acids is 1. The first-order valence-corrected chi connectivity index (χ1v) is 6.21. The third-order valence-electron chi connectivity index (χ3n) is 2.40. The van der Waals surface area contributed by atoms with Crippen LogP contribution in [0.25, 0.3) is 0 Å². The third-order valence-corrected chi connectivity index (χ3v) is 2.90. The number of hydrogen-bond donors (Lipinski definition) is 3. The molecule has 6 heteroatoms. The number of hydrogen-bond acceptors (Lipinski definition) is 3. The number of carboxylic acid groups (broad SMARTS) is 1. The first kappa shape index (κ1) is 14.7. The summed E-state index contributed by atoms with van der Waals surface area (Å²) in [6.45, 7) is 3.33. The summed E-state index contributed by atoms with van der Waals surface area (Å²) in [6.07, 6.45) is 0. The third kappa shape index (κ3) is 4.46. The van der Waals surface area contributed by atoms with Gasteiger partial charge in [0.2, 0.25) is 5.91 Å². The Kier molecular flexibility index (Phi) is 5.30. The van der Waals surface area contributed by atoms with E-state index in [2.05, 4.69) is 26.6 Å². The molecule has 1 atom stereocenters. The summed E-state index contributed by atoms with van der Waals surface area (Å²) in [5, 5.41) is 14.0. The number of aryl methyl sites for hydroxylation is 1. The van der Waals surface area contributed by atoms with E-state index >= 15 is 0 Å². The van der Waals surface area contributed by atoms with Crippen molar-refractivity contribution in [2.24, 2.45) is 0 Å². The first-order chi connectivity index (χ1) is 8.40. The lowest BCUT2D eigenvalue weighted by Gasteiger charge is -2.11. The van der Waals surface area contributed by atoms with E-state index in [1.54, 1.807) is 6.07 Å². The molecule has 1 amide bonds. The predicted octanol–water partition coefficient (Wildman–Crippen LogP) is 1.76. The van der Waals surface area contributed by atoms with Gasteiger partial charge in [0.05, 0.1) is 6.54 Å². The molecule has 18 heavy (non-hydrogen) atoms. The second-order valence-corrected chi connectivity index (χ2v) is 4.86. The Balaban J connectivity index is 2.52. The highest BCUT2D eigenvalue weighted by Gasteiger charge is 2.12. The van der Waals surface area contributed by atoms with Crippen molar-refractivity contribution in [2.45, 2.75) is 19.9 Å². The number of carbonyl (C=O) groups is 2. The molecule has 98 valence electrons. The number of rotatable bonds is 5. The standard InChI is InChI=1S/C12H15BrN2O3/c1-7-5-9(13)3-4-10(7)15-11(16)6-14-8(2)12(17)18/h3-5,8,14H,6H2,1-2H3,(H,15,16)(H,17,18)/t8-/m0/s1. The van der Waals surface area contributed by atoms with Gasteiger partial charge in [-0.1, -0.05) is 15.9 Å². The number of carbonyl (C=O) groups excluding carboxylic acids is 1. The summed E-state index contributed by atoms with van der Waals surface area (Å²) in [4.78, 5) is 22.2. The number of aliphatic carboxylic acids is 1. The largest absolute Gasteiger partial charge is 0.480 e. The van der Waals surface area contributed by atoms with E-state index in [0.717, 1.165) is 10.0 Å². The molecule has 0 radical (unpaired) electrons. The first-order valence-electron chi connectivity index (χ1n) is 5.42. The van der Waals surface area contributed by atoms with Crippen molar-refractivity contribution < 1.29 is 14.7 Å². The highest BCUT2D eigenvalue weighted by Crippen LogP contribution is 2.19. The Bertz CT molecular complexity index is 463. The molecule has 0 saturated heterocycles. The minimum Gasteiger partial charge on any atom is -0.480 e. The maximum Gasteiger partial charge on any atom is 0.320 e. The maximum absolute atomic E-state index is 11.6. The SMILES string of the molecule is Cc1cc(Br)ccc1NC(=O)CN[C@@H](C)C(=O)O. The average molecular weight is 315 g/mol. The lowest BCUT2D eigenvalue weighted by Crippen LogP contribution is -2.39. The number of amides is 1. The fourth-order valence-corrected chi connectivity index (χ4v) is 1.77. The molecule has 1 aromatic rings. The molecule has 0 aliphatic rings. The maximum atomic E-state index is 11.6. The van der Waals surface area contributed by atoms with Gasteiger partial charge in [0, 0.05) is 10.2 Å². The van der Waals surface area contributed by atoms with Crippen LogP contribution in [0.1, 0.15) is 12.5 Å². The van der Waals surface area contributed by atoms with Crippen LogP contribution < -0.4 is 10.6 Å². The van der Waals surface area contributed by atoms with Gasteiger partial charge in [0.15, 0.2) is 0 Å². The fourth-order valence-electron chi connectivity index (χ4n) is 1.29. The normalized spacial score (nSPS) is 11.9. The minimum absolute atomic E-state index is 0.0387. The van der Waals surface area contributed by atoms with Crippen LogP contribution in [0.2, 0.25) is 0 Å². The van der Waals surface area contributed by atoms with Gasteiger partial charge in [-0.3, -0.25) is 14.9 Å². The predicted molar refractivity (Wildman–Crippen MR) is 72.6 cm³/mol. The summed E-state index contributed by atoms with van der Waals surface area (Å²) < 4.78 is 0.940. The lowest BCUT2D eigenvalue weighted by atomic mass is 10.2. The van der Waals surface area contributed by atoms with E-state index in [1.165, 1.54) is 6.92 Å². The van der Waals surface area contributed by atoms with Gasteiger partial charge in [0.25, 0.3) is 0 Å². The van der Waals surface area contributed by atoms with E-state index in [9.17, 15) is 9.59 Å². The number of nitrogens with one attached hydrogen (secondary N) is 2. The monoisotopic (exact) mass is 314 g/mol. The fraction of sp³-hybridized carbons (Fsp3) is 0.333. The van der Waals surface area contributed by atoms with E-state index in [1.807, 2.05) is 19.1 Å². The molecule has 0 aliphatic carbocycles. The average Bonchev–Trinajstić information content (AvgIpc) is 2.29. The van der Waals surface area contributed by atoms with Crippen molar-refractivity contribution in [3.05, 3.63) is 28.2 Å². The summed E-state index contributed by atoms with van der Waals surface area (Å²) in [7, 11) is 0. The molecule has 0 bridgehead atoms. The van der Waals surface area contributed by atoms with Crippen molar-refractivity contribution in [2.75, 3.05) is 11.9 Å². The second-order valence-electron chi connectivity index (χ2n) is 3.95. The molecule has 1 rings (SSSR count). The molecule has 0 fully saturated rings. The highest BCUT2D eigenvalue weighted by atomic mass is 79.9. The Labute approximate surface area is 114 Å². The Morgan fingerprint density at radius 1 is 1.44 bits per heavy atom. The molecule has 0 unspecified atom stereocenters. The van der Waals surface area contributed by atoms with Crippen molar-refractivity contribution in [3.8, 4) is 0 Å². The summed E-state index contributed by atoms with van der Waals surface area (Å²) in [5.41, 5.74) is 1.65. The molecule has 0 aliphatic heterocycles. The zero-order valence-electron chi connectivity index (χ0n) is 10.2. The van der Waals surface area contributed by atoms with Gasteiger partial charge in [-0.2, -0.15) is 0 Å². The highest BCUT2D eigenvalue weighted by molar-refractivity contribution is 9.10. The number of halogens is 1. The Hall–Kier alpha value is -1.40. The van der Waals surface area contributed by atoms with Gasteiger partial charge < -0.3 is 10.4 Å². The molecule has 3 N–H and O–H groups in total. The van der Waals surface area contributed by atoms with Crippen LogP contribution in [0.4, 0.5) is 5.69 Å². The van der Waals surface area contributed by atoms with E-state index < -0.39 is 12.0 Å². The quantitative estimate of drug-likeness (QED) is 0.774. The van der Waals surface area contributed by atoms with Crippen molar-refractivity contribution in [1.29, 1.82) is 0 Å². The minimum atomic E-state index is -0.984. The Morgan fingerprint density at radius 2 is 2.11 bits per heavy atom. The zero-order valence-corrected chi connectivity index (χ0v) is 11.7. The molecule has 0 aromatic heterocycles. The molecular formula is C12H15BrN2O3. The Morgan fingerprint density at radius 3 is 2.67 bits per heavy atom. The second kappa shape index (κ2) is 6.51. The van der Waals surface area contributed by atoms with Crippen molar-refractivity contribution in [1.82, 2.24) is 5.32 Å². The molecule has 1 aromatic carbocycles. The summed E-state index contributed by atoms with van der Waals surface area (Å²) in [6, 6.07) is 4.76. The van der Waals surface area contributed by atoms with E-state index in [4.69, 9.17) is 5.11 Å². The van der Waals surface area contributed by atoms with Crippen LogP contribution in [-0.4, -0.2) is 29.6 Å². The van der Waals surface area contributed by atoms with Gasteiger partial charge in [0.1, 0.15) is 6.04 Å². The van der Waals surface area contributed by atoms with E-state index in [0.29, 0.717) is 5.69 Å². The van der Waals surface area contributed by atoms with Crippen LogP contribution in [0.3, 0.4) is 0 Å². The number of anilines is 1. The van der Waals surface area contributed by atoms with Crippen LogP contribution in [0.5, 0.6) is 0 Å². The molecular weight excluding hydrogens is 300 g/mol. The van der Waals surface area contributed by atoms with Gasteiger partial charge in [-0.05, 0) is 37.6 Å². The van der Waals surface area contributed by atoms with Gasteiger partial charge >= 0.3 is 5.97 Å². The van der Waals surface area contributed by atoms with Gasteiger partial charge in [-0.15, -0.1) is 0 Å². The zero-order chi connectivity index (χ0) is 13.7. The van der Waals surface area contributed by atoms with Crippen LogP contribution in [0.15, 0.2) is 22.7 Å². The molecule has 5 nitrogen and oxygen atoms in total. The van der Waals surface area contributed by atoms with Crippen molar-refractivity contribution >= 4 is 33.5 Å². The smallest absolute Gasteiger partial charge is 0.320 e. The van der Waals surface area contributed by atoms with Crippen LogP contribution in [-0.2, 0) is 9.59 Å². The molecule has 0 spiro atoms. The lowest BCUT2D eigenvalue weighted by molar-refractivity contribution is -0.139. The van der Waals surface area contributed by atoms with Crippen LogP contribution in [0, 0.1) is 6.92 Å². The van der Waals surface area contributed by atoms with Gasteiger partial charge in [-0.25, -0.2) is 0 Å². The topological polar surface area (TPSA) is 78.4 Å². The summed E-state index contributed by atoms with van der Waals surface area (Å²) >= 11 is 3.34. The molecule has 0 heterocycles. The summed E-state index contributed by atoms with van der Waals surface area (Å²) in [5.74, 6) is -1.25.